The highest BCUT2D eigenvalue weighted by Crippen LogP contribution is 2.27. The second kappa shape index (κ2) is 4.88. The lowest BCUT2D eigenvalue weighted by Crippen LogP contribution is -2.19. The molecule has 1 amide bonds. The highest BCUT2D eigenvalue weighted by molar-refractivity contribution is 7.16. The number of nitrogens with zero attached hydrogens (tertiary/aromatic N) is 2. The molecule has 0 bridgehead atoms. The number of hydrogen-bond acceptors (Lipinski definition) is 5. The lowest BCUT2D eigenvalue weighted by atomic mass is 10.2. The first-order valence-electron chi connectivity index (χ1n) is 4.65. The molecule has 17 heavy (non-hydrogen) atoms. The molecule has 0 atom stereocenters. The second-order valence-electron chi connectivity index (χ2n) is 3.14. The van der Waals surface area contributed by atoms with Gasteiger partial charge in [-0.25, -0.2) is 4.39 Å². The molecular formula is C10H8FN3O2S. The van der Waals surface area contributed by atoms with Gasteiger partial charge in [0.15, 0.2) is 11.6 Å². The van der Waals surface area contributed by atoms with Crippen LogP contribution in [0.15, 0.2) is 24.3 Å². The van der Waals surface area contributed by atoms with Crippen molar-refractivity contribution in [1.82, 2.24) is 10.2 Å². The topological polar surface area (TPSA) is 78.1 Å². The number of halogens is 1. The van der Waals surface area contributed by atoms with Gasteiger partial charge in [0.05, 0.1) is 0 Å². The number of nitrogens with two attached hydrogens (primary N) is 1. The molecule has 0 radical (unpaired) electrons. The first-order chi connectivity index (χ1) is 8.15. The van der Waals surface area contributed by atoms with E-state index in [1.54, 1.807) is 12.1 Å². The number of aromatic nitrogens is 2. The molecule has 88 valence electrons. The van der Waals surface area contributed by atoms with Gasteiger partial charge in [0, 0.05) is 5.56 Å². The molecule has 2 aromatic rings. The van der Waals surface area contributed by atoms with E-state index in [2.05, 4.69) is 10.2 Å². The van der Waals surface area contributed by atoms with E-state index in [4.69, 9.17) is 10.5 Å². The molecule has 5 nitrogen and oxygen atoms in total. The fourth-order valence-corrected chi connectivity index (χ4v) is 1.81. The van der Waals surface area contributed by atoms with E-state index in [0.29, 0.717) is 5.01 Å². The van der Waals surface area contributed by atoms with Crippen LogP contribution in [0.3, 0.4) is 0 Å². The Bertz CT molecular complexity index is 527. The van der Waals surface area contributed by atoms with Crippen molar-refractivity contribution in [1.29, 1.82) is 0 Å². The molecule has 0 unspecified atom stereocenters. The first-order valence-corrected chi connectivity index (χ1v) is 5.47. The molecular weight excluding hydrogens is 245 g/mol. The molecule has 7 heteroatoms. The highest BCUT2D eigenvalue weighted by atomic mass is 32.1. The fourth-order valence-electron chi connectivity index (χ4n) is 1.11. The molecule has 1 aromatic carbocycles. The van der Waals surface area contributed by atoms with Crippen molar-refractivity contribution in [2.75, 3.05) is 6.61 Å². The fraction of sp³-hybridized carbons (Fsp3) is 0.100. The third-order valence-electron chi connectivity index (χ3n) is 1.84. The number of primary amides is 1. The summed E-state index contributed by atoms with van der Waals surface area (Å²) in [5, 5.41) is 8.44. The van der Waals surface area contributed by atoms with Gasteiger partial charge in [0.1, 0.15) is 5.82 Å². The number of ether oxygens (including phenoxy) is 1. The smallest absolute Gasteiger partial charge is 0.294 e. The summed E-state index contributed by atoms with van der Waals surface area (Å²) in [6.45, 7) is -0.238. The minimum Gasteiger partial charge on any atom is -0.459 e. The number of amides is 1. The molecule has 0 spiro atoms. The largest absolute Gasteiger partial charge is 0.459 e. The van der Waals surface area contributed by atoms with Gasteiger partial charge in [-0.15, -0.1) is 5.10 Å². The highest BCUT2D eigenvalue weighted by Gasteiger charge is 2.08. The van der Waals surface area contributed by atoms with Crippen LogP contribution in [-0.4, -0.2) is 22.7 Å². The van der Waals surface area contributed by atoms with Gasteiger partial charge in [-0.05, 0) is 24.3 Å². The van der Waals surface area contributed by atoms with Gasteiger partial charge >= 0.3 is 0 Å². The van der Waals surface area contributed by atoms with Crippen LogP contribution in [0.2, 0.25) is 0 Å². The third kappa shape index (κ3) is 2.97. The van der Waals surface area contributed by atoms with Crippen LogP contribution >= 0.6 is 11.3 Å². The van der Waals surface area contributed by atoms with Gasteiger partial charge in [-0.1, -0.05) is 16.4 Å². The molecule has 0 fully saturated rings. The van der Waals surface area contributed by atoms with E-state index < -0.39 is 5.91 Å². The maximum absolute atomic E-state index is 12.7. The lowest BCUT2D eigenvalue weighted by molar-refractivity contribution is -0.119. The van der Waals surface area contributed by atoms with Gasteiger partial charge in [-0.3, -0.25) is 4.79 Å². The van der Waals surface area contributed by atoms with Crippen molar-refractivity contribution in [2.24, 2.45) is 5.73 Å². The standard InChI is InChI=1S/C10H8FN3O2S/c11-7-3-1-6(2-4-7)9-13-14-10(17-9)16-5-8(12)15/h1-4H,5H2,(H2,12,15). The first kappa shape index (κ1) is 11.5. The zero-order chi connectivity index (χ0) is 12.3. The van der Waals surface area contributed by atoms with Crippen LogP contribution in [0.5, 0.6) is 5.19 Å². The lowest BCUT2D eigenvalue weighted by Gasteiger charge is -1.95. The summed E-state index contributed by atoms with van der Waals surface area (Å²) in [5.74, 6) is -0.896. The summed E-state index contributed by atoms with van der Waals surface area (Å²) in [5.41, 5.74) is 5.66. The van der Waals surface area contributed by atoms with Gasteiger partial charge in [0.2, 0.25) is 0 Å². The Balaban J connectivity index is 2.12. The molecule has 2 rings (SSSR count). The monoisotopic (exact) mass is 253 g/mol. The Morgan fingerprint density at radius 2 is 2.06 bits per heavy atom. The van der Waals surface area contributed by atoms with E-state index in [1.165, 1.54) is 12.1 Å². The molecule has 0 saturated heterocycles. The van der Waals surface area contributed by atoms with E-state index in [0.717, 1.165) is 16.9 Å². The molecule has 0 aliphatic heterocycles. The summed E-state index contributed by atoms with van der Waals surface area (Å²) in [6.07, 6.45) is 0. The molecule has 1 heterocycles. The Hall–Kier alpha value is -2.02. The normalized spacial score (nSPS) is 10.2. The zero-order valence-electron chi connectivity index (χ0n) is 8.59. The van der Waals surface area contributed by atoms with Crippen molar-refractivity contribution in [3.8, 4) is 15.8 Å². The van der Waals surface area contributed by atoms with Crippen LogP contribution in [0, 0.1) is 5.82 Å². The van der Waals surface area contributed by atoms with Gasteiger partial charge < -0.3 is 10.5 Å². The predicted octanol–water partition coefficient (Wildman–Crippen LogP) is 1.21. The average Bonchev–Trinajstić information content (AvgIpc) is 2.76. The van der Waals surface area contributed by atoms with E-state index in [-0.39, 0.29) is 17.6 Å². The molecule has 0 saturated carbocycles. The molecule has 2 N–H and O–H groups in total. The van der Waals surface area contributed by atoms with Gasteiger partial charge in [0.25, 0.3) is 11.1 Å². The molecule has 0 aliphatic rings. The summed E-state index contributed by atoms with van der Waals surface area (Å²) >= 11 is 1.16. The Morgan fingerprint density at radius 3 is 2.71 bits per heavy atom. The summed E-state index contributed by atoms with van der Waals surface area (Å²) in [4.78, 5) is 10.5. The SMILES string of the molecule is NC(=O)COc1nnc(-c2ccc(F)cc2)s1. The summed E-state index contributed by atoms with van der Waals surface area (Å²) in [6, 6.07) is 5.85. The Labute approximate surface area is 100 Å². The molecule has 0 aliphatic carbocycles. The predicted molar refractivity (Wildman–Crippen MR) is 60.0 cm³/mol. The van der Waals surface area contributed by atoms with Crippen LogP contribution in [0.1, 0.15) is 0 Å². The number of carbonyl (C=O) groups is 1. The minimum absolute atomic E-state index is 0.238. The average molecular weight is 253 g/mol. The Morgan fingerprint density at radius 1 is 1.35 bits per heavy atom. The van der Waals surface area contributed by atoms with E-state index in [9.17, 15) is 9.18 Å². The van der Waals surface area contributed by atoms with Gasteiger partial charge in [-0.2, -0.15) is 0 Å². The van der Waals surface area contributed by atoms with E-state index >= 15 is 0 Å². The van der Waals surface area contributed by atoms with Crippen molar-refractivity contribution in [3.05, 3.63) is 30.1 Å². The maximum atomic E-state index is 12.7. The minimum atomic E-state index is -0.580. The third-order valence-corrected chi connectivity index (χ3v) is 2.72. The number of carbonyl (C=O) groups excluding carboxylic acids is 1. The summed E-state index contributed by atoms with van der Waals surface area (Å²) in [7, 11) is 0. The zero-order valence-corrected chi connectivity index (χ0v) is 9.41. The van der Waals surface area contributed by atoms with Crippen molar-refractivity contribution in [2.45, 2.75) is 0 Å². The Kier molecular flexibility index (Phi) is 3.29. The second-order valence-corrected chi connectivity index (χ2v) is 4.08. The van der Waals surface area contributed by atoms with Crippen molar-refractivity contribution < 1.29 is 13.9 Å². The number of hydrogen-bond donors (Lipinski definition) is 1. The van der Waals surface area contributed by atoms with Crippen molar-refractivity contribution >= 4 is 17.2 Å². The molecule has 1 aromatic heterocycles. The maximum Gasteiger partial charge on any atom is 0.294 e. The van der Waals surface area contributed by atoms with Crippen LogP contribution < -0.4 is 10.5 Å². The number of benzene rings is 1. The van der Waals surface area contributed by atoms with Crippen molar-refractivity contribution in [3.63, 3.8) is 0 Å². The number of rotatable bonds is 4. The van der Waals surface area contributed by atoms with Crippen LogP contribution in [0.25, 0.3) is 10.6 Å². The van der Waals surface area contributed by atoms with Crippen LogP contribution in [-0.2, 0) is 4.79 Å². The quantitative estimate of drug-likeness (QED) is 0.888. The van der Waals surface area contributed by atoms with Crippen LogP contribution in [0.4, 0.5) is 4.39 Å². The summed E-state index contributed by atoms with van der Waals surface area (Å²) < 4.78 is 17.7. The van der Waals surface area contributed by atoms with E-state index in [1.807, 2.05) is 0 Å².